The normalized spacial score (nSPS) is 29.8. The minimum absolute atomic E-state index is 0.635. The first-order chi connectivity index (χ1) is 10.8. The molecule has 0 aromatic carbocycles. The molecule has 0 spiro atoms. The second-order valence-electron chi connectivity index (χ2n) is 6.77. The van der Waals surface area contributed by atoms with E-state index in [0.29, 0.717) is 6.04 Å². The fourth-order valence-electron chi connectivity index (χ4n) is 4.26. The number of likely N-dealkylation sites (N-methyl/N-ethyl adjacent to an activating group) is 1. The van der Waals surface area contributed by atoms with Gasteiger partial charge in [0.25, 0.3) is 0 Å². The van der Waals surface area contributed by atoms with Crippen molar-refractivity contribution in [1.29, 1.82) is 0 Å². The van der Waals surface area contributed by atoms with E-state index in [1.165, 1.54) is 31.5 Å². The summed E-state index contributed by atoms with van der Waals surface area (Å²) in [6, 6.07) is 5.68. The van der Waals surface area contributed by atoms with E-state index in [-0.39, 0.29) is 0 Å². The van der Waals surface area contributed by atoms with Gasteiger partial charge in [-0.15, -0.1) is 0 Å². The Hall–Kier alpha value is -1.17. The van der Waals surface area contributed by atoms with Gasteiger partial charge in [0.1, 0.15) is 0 Å². The number of likely N-dealkylation sites (tertiary alicyclic amines) is 2. The second kappa shape index (κ2) is 6.14. The molecular weight excluding hydrogens is 292 g/mol. The molecule has 4 rings (SSSR count). The van der Waals surface area contributed by atoms with Crippen LogP contribution in [0.2, 0.25) is 0 Å². The lowest BCUT2D eigenvalue weighted by Gasteiger charge is -2.37. The van der Waals surface area contributed by atoms with Gasteiger partial charge in [-0.1, -0.05) is 0 Å². The molecule has 4 nitrogen and oxygen atoms in total. The highest BCUT2D eigenvalue weighted by Gasteiger charge is 2.41. The molecule has 2 saturated heterocycles. The molecule has 22 heavy (non-hydrogen) atoms. The molecule has 118 valence electrons. The van der Waals surface area contributed by atoms with Crippen LogP contribution in [0.3, 0.4) is 0 Å². The van der Waals surface area contributed by atoms with Gasteiger partial charge in [0.05, 0.1) is 6.54 Å². The molecule has 4 heterocycles. The predicted molar refractivity (Wildman–Crippen MR) is 89.9 cm³/mol. The lowest BCUT2D eigenvalue weighted by molar-refractivity contribution is 0.110. The Kier molecular flexibility index (Phi) is 4.03. The Morgan fingerprint density at radius 3 is 3.14 bits per heavy atom. The lowest BCUT2D eigenvalue weighted by atomic mass is 9.92. The van der Waals surface area contributed by atoms with Crippen LogP contribution in [0.25, 0.3) is 0 Å². The minimum atomic E-state index is 0.635. The minimum Gasteiger partial charge on any atom is -0.299 e. The summed E-state index contributed by atoms with van der Waals surface area (Å²) in [4.78, 5) is 5.27. The van der Waals surface area contributed by atoms with Crippen LogP contribution in [-0.2, 0) is 13.1 Å². The highest BCUT2D eigenvalue weighted by Crippen LogP contribution is 2.35. The molecule has 0 bridgehead atoms. The summed E-state index contributed by atoms with van der Waals surface area (Å²) in [6.07, 6.45) is 6.57. The van der Waals surface area contributed by atoms with Gasteiger partial charge in [0.2, 0.25) is 0 Å². The van der Waals surface area contributed by atoms with Gasteiger partial charge in [-0.25, -0.2) is 0 Å². The number of hydrogen-bond acceptors (Lipinski definition) is 4. The summed E-state index contributed by atoms with van der Waals surface area (Å²) >= 11 is 1.81. The highest BCUT2D eigenvalue weighted by molar-refractivity contribution is 7.07. The largest absolute Gasteiger partial charge is 0.299 e. The van der Waals surface area contributed by atoms with E-state index in [1.807, 2.05) is 12.3 Å². The smallest absolute Gasteiger partial charge is 0.0565 e. The quantitative estimate of drug-likeness (QED) is 0.866. The number of nitrogens with zero attached hydrogens (tertiary/aromatic N) is 4. The van der Waals surface area contributed by atoms with Crippen LogP contribution in [0, 0.1) is 5.92 Å². The molecule has 2 aliphatic heterocycles. The first-order valence-electron chi connectivity index (χ1n) is 8.22. The van der Waals surface area contributed by atoms with Gasteiger partial charge in [-0.2, -0.15) is 16.4 Å². The van der Waals surface area contributed by atoms with E-state index >= 15 is 0 Å². The average Bonchev–Trinajstić information content (AvgIpc) is 3.24. The average molecular weight is 316 g/mol. The highest BCUT2D eigenvalue weighted by atomic mass is 32.1. The van der Waals surface area contributed by atoms with Crippen molar-refractivity contribution in [3.05, 3.63) is 40.8 Å². The van der Waals surface area contributed by atoms with Gasteiger partial charge in [-0.3, -0.25) is 14.5 Å². The Morgan fingerprint density at radius 2 is 2.36 bits per heavy atom. The van der Waals surface area contributed by atoms with Crippen LogP contribution in [0.1, 0.15) is 18.4 Å². The fourth-order valence-corrected chi connectivity index (χ4v) is 4.92. The molecule has 0 aliphatic carbocycles. The zero-order valence-electron chi connectivity index (χ0n) is 13.1. The van der Waals surface area contributed by atoms with Crippen molar-refractivity contribution in [3.8, 4) is 0 Å². The van der Waals surface area contributed by atoms with Crippen molar-refractivity contribution in [1.82, 2.24) is 19.6 Å². The van der Waals surface area contributed by atoms with E-state index in [9.17, 15) is 0 Å². The van der Waals surface area contributed by atoms with E-state index in [1.54, 1.807) is 11.3 Å². The van der Waals surface area contributed by atoms with Crippen molar-refractivity contribution in [3.63, 3.8) is 0 Å². The monoisotopic (exact) mass is 316 g/mol. The van der Waals surface area contributed by atoms with Crippen molar-refractivity contribution < 1.29 is 0 Å². The first-order valence-corrected chi connectivity index (χ1v) is 9.16. The summed E-state index contributed by atoms with van der Waals surface area (Å²) in [5.41, 5.74) is 1.47. The maximum atomic E-state index is 4.38. The summed E-state index contributed by atoms with van der Waals surface area (Å²) < 4.78 is 2.08. The lowest BCUT2D eigenvalue weighted by Crippen LogP contribution is -2.45. The number of piperidine rings is 1. The summed E-state index contributed by atoms with van der Waals surface area (Å²) in [7, 11) is 2.31. The van der Waals surface area contributed by atoms with Crippen LogP contribution in [-0.4, -0.2) is 51.8 Å². The second-order valence-corrected chi connectivity index (χ2v) is 7.55. The van der Waals surface area contributed by atoms with Gasteiger partial charge in [-0.05, 0) is 60.8 Å². The van der Waals surface area contributed by atoms with Gasteiger partial charge in [0.15, 0.2) is 0 Å². The molecule has 3 atom stereocenters. The van der Waals surface area contributed by atoms with Crippen LogP contribution < -0.4 is 0 Å². The molecule has 0 radical (unpaired) electrons. The maximum Gasteiger partial charge on any atom is 0.0565 e. The molecule has 0 saturated carbocycles. The van der Waals surface area contributed by atoms with Crippen LogP contribution in [0.4, 0.5) is 0 Å². The molecular formula is C17H24N4S. The summed E-state index contributed by atoms with van der Waals surface area (Å²) in [5, 5.41) is 8.85. The summed E-state index contributed by atoms with van der Waals surface area (Å²) in [5.74, 6) is 0.818. The van der Waals surface area contributed by atoms with Crippen molar-refractivity contribution >= 4 is 11.3 Å². The Labute approximate surface area is 136 Å². The Balaban J connectivity index is 1.38. The zero-order chi connectivity index (χ0) is 14.9. The predicted octanol–water partition coefficient (Wildman–Crippen LogP) is 2.54. The molecule has 2 fully saturated rings. The van der Waals surface area contributed by atoms with E-state index in [2.05, 4.69) is 49.7 Å². The molecule has 0 N–H and O–H groups in total. The first kappa shape index (κ1) is 14.4. The third-order valence-corrected chi connectivity index (χ3v) is 6.13. The Bertz CT molecular complexity index is 578. The molecule has 5 heteroatoms. The Morgan fingerprint density at radius 1 is 1.41 bits per heavy atom. The molecule has 0 amide bonds. The molecule has 0 unspecified atom stereocenters. The van der Waals surface area contributed by atoms with Crippen molar-refractivity contribution in [2.75, 3.05) is 20.1 Å². The van der Waals surface area contributed by atoms with Crippen molar-refractivity contribution in [2.24, 2.45) is 5.92 Å². The fraction of sp³-hybridized carbons (Fsp3) is 0.588. The SMILES string of the molecule is CN1[C@@H](Cn2cccn2)C[C@@H]2CN(Cc3ccsc3)CC[C@@H]21. The number of rotatable bonds is 4. The van der Waals surface area contributed by atoms with E-state index in [4.69, 9.17) is 0 Å². The molecule has 2 aromatic heterocycles. The maximum absolute atomic E-state index is 4.38. The van der Waals surface area contributed by atoms with Gasteiger partial charge in [0, 0.05) is 37.6 Å². The van der Waals surface area contributed by atoms with Gasteiger partial charge >= 0.3 is 0 Å². The van der Waals surface area contributed by atoms with E-state index < -0.39 is 0 Å². The van der Waals surface area contributed by atoms with Crippen LogP contribution in [0.15, 0.2) is 35.3 Å². The number of aromatic nitrogens is 2. The van der Waals surface area contributed by atoms with Gasteiger partial charge < -0.3 is 0 Å². The van der Waals surface area contributed by atoms with Crippen LogP contribution >= 0.6 is 11.3 Å². The topological polar surface area (TPSA) is 24.3 Å². The third-order valence-electron chi connectivity index (χ3n) is 5.40. The third kappa shape index (κ3) is 2.85. The molecule has 2 aliphatic rings. The zero-order valence-corrected chi connectivity index (χ0v) is 14.0. The van der Waals surface area contributed by atoms with E-state index in [0.717, 1.165) is 25.0 Å². The summed E-state index contributed by atoms with van der Waals surface area (Å²) in [6.45, 7) is 4.64. The number of thiophene rings is 1. The number of hydrogen-bond donors (Lipinski definition) is 0. The number of fused-ring (bicyclic) bond motifs is 1. The van der Waals surface area contributed by atoms with Crippen molar-refractivity contribution in [2.45, 2.75) is 38.0 Å². The molecule has 2 aromatic rings. The standard InChI is InChI=1S/C17H24N4S/c1-19-16(12-21-6-2-5-18-21)9-15-11-20(7-3-17(15)19)10-14-4-8-22-13-14/h2,4-6,8,13,15-17H,3,7,9-12H2,1H3/t15-,16-,17+/m1/s1. The van der Waals surface area contributed by atoms with Crippen LogP contribution in [0.5, 0.6) is 0 Å².